The monoisotopic (exact) mass is 197 g/mol. The van der Waals surface area contributed by atoms with Crippen molar-refractivity contribution in [2.75, 3.05) is 7.05 Å². The van der Waals surface area contributed by atoms with E-state index in [0.717, 1.165) is 0 Å². The van der Waals surface area contributed by atoms with E-state index in [1.807, 2.05) is 0 Å². The van der Waals surface area contributed by atoms with E-state index in [2.05, 4.69) is 45.3 Å². The smallest absolute Gasteiger partial charge is 0.0122 e. The van der Waals surface area contributed by atoms with Gasteiger partial charge in [0.05, 0.1) is 0 Å². The third-order valence-electron chi connectivity index (χ3n) is 2.86. The molecule has 2 atom stereocenters. The molecule has 0 saturated carbocycles. The third kappa shape index (κ3) is 6.20. The predicted octanol–water partition coefficient (Wildman–Crippen LogP) is 3.76. The molecule has 0 aromatic heterocycles. The SMILES string of the molecule is CCCCC/C=C\C(C)C(CC)NC. The van der Waals surface area contributed by atoms with Gasteiger partial charge in [-0.05, 0) is 32.2 Å². The maximum atomic E-state index is 3.35. The molecule has 2 unspecified atom stereocenters. The second kappa shape index (κ2) is 9.26. The normalized spacial score (nSPS) is 16.0. The molecule has 0 aliphatic rings. The molecule has 0 aromatic carbocycles. The molecule has 1 N–H and O–H groups in total. The summed E-state index contributed by atoms with van der Waals surface area (Å²) in [5.74, 6) is 0.659. The highest BCUT2D eigenvalue weighted by Gasteiger charge is 2.08. The summed E-state index contributed by atoms with van der Waals surface area (Å²) in [5.41, 5.74) is 0. The van der Waals surface area contributed by atoms with Gasteiger partial charge in [-0.1, -0.05) is 45.8 Å². The summed E-state index contributed by atoms with van der Waals surface area (Å²) in [7, 11) is 2.05. The minimum absolute atomic E-state index is 0.637. The van der Waals surface area contributed by atoms with Crippen LogP contribution in [0.25, 0.3) is 0 Å². The number of hydrogen-bond donors (Lipinski definition) is 1. The van der Waals surface area contributed by atoms with Crippen molar-refractivity contribution >= 4 is 0 Å². The van der Waals surface area contributed by atoms with Crippen LogP contribution in [0.1, 0.15) is 52.9 Å². The van der Waals surface area contributed by atoms with E-state index >= 15 is 0 Å². The van der Waals surface area contributed by atoms with Gasteiger partial charge >= 0.3 is 0 Å². The van der Waals surface area contributed by atoms with Crippen LogP contribution in [-0.4, -0.2) is 13.1 Å². The molecule has 1 heteroatoms. The first-order chi connectivity index (χ1) is 6.76. The molecule has 0 amide bonds. The zero-order chi connectivity index (χ0) is 10.8. The lowest BCUT2D eigenvalue weighted by molar-refractivity contribution is 0.449. The van der Waals surface area contributed by atoms with Crippen LogP contribution in [0.5, 0.6) is 0 Å². The van der Waals surface area contributed by atoms with Crippen molar-refractivity contribution in [2.45, 2.75) is 58.9 Å². The number of nitrogens with one attached hydrogen (secondary N) is 1. The van der Waals surface area contributed by atoms with Gasteiger partial charge in [-0.2, -0.15) is 0 Å². The van der Waals surface area contributed by atoms with Gasteiger partial charge in [0.15, 0.2) is 0 Å². The molecular weight excluding hydrogens is 170 g/mol. The molecule has 0 rings (SSSR count). The summed E-state index contributed by atoms with van der Waals surface area (Å²) in [6, 6.07) is 0.637. The second-order valence-electron chi connectivity index (χ2n) is 4.09. The fourth-order valence-corrected chi connectivity index (χ4v) is 1.80. The third-order valence-corrected chi connectivity index (χ3v) is 2.86. The van der Waals surface area contributed by atoms with Crippen molar-refractivity contribution in [3.63, 3.8) is 0 Å². The molecular formula is C13H27N. The molecule has 0 heterocycles. The van der Waals surface area contributed by atoms with Gasteiger partial charge in [-0.25, -0.2) is 0 Å². The Kier molecular flexibility index (Phi) is 9.06. The number of hydrogen-bond acceptors (Lipinski definition) is 1. The van der Waals surface area contributed by atoms with Crippen LogP contribution in [0.4, 0.5) is 0 Å². The fourth-order valence-electron chi connectivity index (χ4n) is 1.80. The molecule has 0 aliphatic carbocycles. The first-order valence-electron chi connectivity index (χ1n) is 6.10. The predicted molar refractivity (Wildman–Crippen MR) is 65.6 cm³/mol. The summed E-state index contributed by atoms with van der Waals surface area (Å²) < 4.78 is 0. The van der Waals surface area contributed by atoms with Gasteiger partial charge in [0, 0.05) is 6.04 Å². The molecule has 0 bridgehead atoms. The first-order valence-corrected chi connectivity index (χ1v) is 6.10. The van der Waals surface area contributed by atoms with Crippen LogP contribution in [0.15, 0.2) is 12.2 Å². The molecule has 1 nitrogen and oxygen atoms in total. The van der Waals surface area contributed by atoms with Crippen LogP contribution < -0.4 is 5.32 Å². The molecule has 84 valence electrons. The number of allylic oxidation sites excluding steroid dienone is 1. The summed E-state index contributed by atoms with van der Waals surface area (Å²) in [4.78, 5) is 0. The van der Waals surface area contributed by atoms with Crippen molar-refractivity contribution in [2.24, 2.45) is 5.92 Å². The molecule has 0 radical (unpaired) electrons. The average Bonchev–Trinajstić information content (AvgIpc) is 2.19. The van der Waals surface area contributed by atoms with Gasteiger partial charge < -0.3 is 5.32 Å². The Labute approximate surface area is 90.0 Å². The maximum Gasteiger partial charge on any atom is 0.0122 e. The Bertz CT molecular complexity index is 136. The minimum atomic E-state index is 0.637. The Morgan fingerprint density at radius 3 is 2.43 bits per heavy atom. The van der Waals surface area contributed by atoms with Crippen molar-refractivity contribution < 1.29 is 0 Å². The number of rotatable bonds is 8. The Hall–Kier alpha value is -0.300. The van der Waals surface area contributed by atoms with Crippen LogP contribution in [-0.2, 0) is 0 Å². The standard InChI is InChI=1S/C13H27N/c1-5-7-8-9-10-11-12(3)13(6-2)14-4/h10-14H,5-9H2,1-4H3/b11-10-. The van der Waals surface area contributed by atoms with E-state index < -0.39 is 0 Å². The van der Waals surface area contributed by atoms with Gasteiger partial charge in [0.2, 0.25) is 0 Å². The summed E-state index contributed by atoms with van der Waals surface area (Å²) >= 11 is 0. The highest BCUT2D eigenvalue weighted by atomic mass is 14.9. The zero-order valence-electron chi connectivity index (χ0n) is 10.3. The Morgan fingerprint density at radius 2 is 1.93 bits per heavy atom. The minimum Gasteiger partial charge on any atom is -0.316 e. The maximum absolute atomic E-state index is 3.35. The average molecular weight is 197 g/mol. The van der Waals surface area contributed by atoms with Crippen molar-refractivity contribution in [3.05, 3.63) is 12.2 Å². The fraction of sp³-hybridized carbons (Fsp3) is 0.846. The molecule has 0 saturated heterocycles. The largest absolute Gasteiger partial charge is 0.316 e. The van der Waals surface area contributed by atoms with Crippen LogP contribution in [0.3, 0.4) is 0 Å². The topological polar surface area (TPSA) is 12.0 Å². The Morgan fingerprint density at radius 1 is 1.21 bits per heavy atom. The highest BCUT2D eigenvalue weighted by Crippen LogP contribution is 2.09. The van der Waals surface area contributed by atoms with E-state index in [1.54, 1.807) is 0 Å². The van der Waals surface area contributed by atoms with Crippen molar-refractivity contribution in [1.29, 1.82) is 0 Å². The zero-order valence-corrected chi connectivity index (χ0v) is 10.3. The van der Waals surface area contributed by atoms with Gasteiger partial charge in [-0.3, -0.25) is 0 Å². The summed E-state index contributed by atoms with van der Waals surface area (Å²) in [6.07, 6.45) is 11.2. The van der Waals surface area contributed by atoms with E-state index in [-0.39, 0.29) is 0 Å². The molecule has 0 aromatic rings. The first kappa shape index (κ1) is 13.7. The number of unbranched alkanes of at least 4 members (excludes halogenated alkanes) is 3. The molecule has 14 heavy (non-hydrogen) atoms. The van der Waals surface area contributed by atoms with E-state index in [0.29, 0.717) is 12.0 Å². The lowest BCUT2D eigenvalue weighted by Crippen LogP contribution is -2.30. The second-order valence-corrected chi connectivity index (χ2v) is 4.09. The highest BCUT2D eigenvalue weighted by molar-refractivity contribution is 4.91. The lowest BCUT2D eigenvalue weighted by Gasteiger charge is -2.18. The summed E-state index contributed by atoms with van der Waals surface area (Å²) in [6.45, 7) is 6.78. The van der Waals surface area contributed by atoms with Gasteiger partial charge in [0.1, 0.15) is 0 Å². The Balaban J connectivity index is 3.63. The lowest BCUT2D eigenvalue weighted by atomic mass is 9.99. The summed E-state index contributed by atoms with van der Waals surface area (Å²) in [5, 5.41) is 3.35. The van der Waals surface area contributed by atoms with E-state index in [9.17, 15) is 0 Å². The quantitative estimate of drug-likeness (QED) is 0.461. The van der Waals surface area contributed by atoms with Crippen molar-refractivity contribution in [3.8, 4) is 0 Å². The molecule has 0 aliphatic heterocycles. The van der Waals surface area contributed by atoms with Crippen molar-refractivity contribution in [1.82, 2.24) is 5.32 Å². The van der Waals surface area contributed by atoms with Gasteiger partial charge in [-0.15, -0.1) is 0 Å². The van der Waals surface area contributed by atoms with E-state index in [1.165, 1.54) is 32.1 Å². The molecule has 0 spiro atoms. The van der Waals surface area contributed by atoms with E-state index in [4.69, 9.17) is 0 Å². The van der Waals surface area contributed by atoms with Crippen LogP contribution >= 0.6 is 0 Å². The molecule has 0 fully saturated rings. The van der Waals surface area contributed by atoms with Gasteiger partial charge in [0.25, 0.3) is 0 Å². The van der Waals surface area contributed by atoms with Crippen LogP contribution in [0.2, 0.25) is 0 Å². The van der Waals surface area contributed by atoms with Crippen LogP contribution in [0, 0.1) is 5.92 Å².